The van der Waals surface area contributed by atoms with Gasteiger partial charge < -0.3 is 9.72 Å². The Morgan fingerprint density at radius 1 is 1.04 bits per heavy atom. The molecule has 2 aliphatic heterocycles. The van der Waals surface area contributed by atoms with E-state index in [9.17, 15) is 4.79 Å². The van der Waals surface area contributed by atoms with E-state index >= 15 is 0 Å². The van der Waals surface area contributed by atoms with Gasteiger partial charge in [0, 0.05) is 43.4 Å². The number of nitrogens with one attached hydrogen (secondary N) is 1. The minimum atomic E-state index is 0.184. The third-order valence-corrected chi connectivity index (χ3v) is 5.74. The standard InChI is InChI=1S/C21H22N4O/c26-20-12-16-9-10-17(13-22-20)25(16)14-18-21(15-6-2-1-3-7-15)23-19-8-4-5-11-24(18)19/h1-8,11,16-17H,9-10,12-14H2,(H,22,26)/t16-,17+/m1/s1. The molecule has 2 atom stereocenters. The van der Waals surface area contributed by atoms with Crippen LogP contribution in [0.25, 0.3) is 16.9 Å². The Morgan fingerprint density at radius 3 is 2.73 bits per heavy atom. The number of fused-ring (bicyclic) bond motifs is 3. The molecule has 0 spiro atoms. The summed E-state index contributed by atoms with van der Waals surface area (Å²) in [4.78, 5) is 19.4. The van der Waals surface area contributed by atoms with Crippen molar-refractivity contribution in [3.8, 4) is 11.3 Å². The number of carbonyl (C=O) groups is 1. The fraction of sp³-hybridized carbons (Fsp3) is 0.333. The number of benzene rings is 1. The second-order valence-corrected chi connectivity index (χ2v) is 7.27. The lowest BCUT2D eigenvalue weighted by molar-refractivity contribution is -0.121. The first-order valence-electron chi connectivity index (χ1n) is 9.33. The van der Waals surface area contributed by atoms with Gasteiger partial charge in [0.25, 0.3) is 0 Å². The molecule has 5 rings (SSSR count). The van der Waals surface area contributed by atoms with Crippen molar-refractivity contribution in [2.45, 2.75) is 37.9 Å². The first-order chi connectivity index (χ1) is 12.8. The molecule has 2 bridgehead atoms. The van der Waals surface area contributed by atoms with Gasteiger partial charge in [-0.1, -0.05) is 36.4 Å². The summed E-state index contributed by atoms with van der Waals surface area (Å²) in [6.07, 6.45) is 4.96. The lowest BCUT2D eigenvalue weighted by Crippen LogP contribution is -2.37. The predicted octanol–water partition coefficient (Wildman–Crippen LogP) is 2.85. The van der Waals surface area contributed by atoms with Crippen LogP contribution in [0, 0.1) is 0 Å². The monoisotopic (exact) mass is 346 g/mol. The fourth-order valence-corrected chi connectivity index (χ4v) is 4.43. The third kappa shape index (κ3) is 2.59. The molecule has 2 fully saturated rings. The minimum absolute atomic E-state index is 0.184. The number of imidazole rings is 1. The van der Waals surface area contributed by atoms with Crippen LogP contribution in [0.2, 0.25) is 0 Å². The van der Waals surface area contributed by atoms with E-state index in [1.165, 1.54) is 5.69 Å². The number of hydrogen-bond acceptors (Lipinski definition) is 3. The number of hydrogen-bond donors (Lipinski definition) is 1. The Morgan fingerprint density at radius 2 is 1.85 bits per heavy atom. The maximum atomic E-state index is 12.0. The lowest BCUT2D eigenvalue weighted by atomic mass is 10.1. The first-order valence-corrected chi connectivity index (χ1v) is 9.33. The first kappa shape index (κ1) is 15.6. The molecule has 1 aromatic carbocycles. The molecule has 0 unspecified atom stereocenters. The molecule has 4 heterocycles. The highest BCUT2D eigenvalue weighted by molar-refractivity contribution is 5.77. The molecule has 0 aliphatic carbocycles. The average molecular weight is 346 g/mol. The van der Waals surface area contributed by atoms with Crippen LogP contribution >= 0.6 is 0 Å². The molecule has 26 heavy (non-hydrogen) atoms. The SMILES string of the molecule is O=C1C[C@H]2CC[C@@H](CN1)N2Cc1c(-c2ccccc2)nc2ccccn12. The Hall–Kier alpha value is -2.66. The summed E-state index contributed by atoms with van der Waals surface area (Å²) in [6, 6.07) is 17.3. The molecule has 2 saturated heterocycles. The zero-order valence-corrected chi connectivity index (χ0v) is 14.6. The summed E-state index contributed by atoms with van der Waals surface area (Å²) in [6.45, 7) is 1.58. The van der Waals surface area contributed by atoms with Crippen LogP contribution in [0.15, 0.2) is 54.7 Å². The van der Waals surface area contributed by atoms with Crippen molar-refractivity contribution in [3.05, 3.63) is 60.4 Å². The number of nitrogens with zero attached hydrogens (tertiary/aromatic N) is 3. The van der Waals surface area contributed by atoms with Gasteiger partial charge >= 0.3 is 0 Å². The van der Waals surface area contributed by atoms with Crippen LogP contribution in [0.5, 0.6) is 0 Å². The number of carbonyl (C=O) groups excluding carboxylic acids is 1. The summed E-state index contributed by atoms with van der Waals surface area (Å²) in [7, 11) is 0. The quantitative estimate of drug-likeness (QED) is 0.793. The van der Waals surface area contributed by atoms with E-state index in [4.69, 9.17) is 4.98 Å². The van der Waals surface area contributed by atoms with Gasteiger partial charge in [-0.25, -0.2) is 4.98 Å². The van der Waals surface area contributed by atoms with Gasteiger partial charge in [0.15, 0.2) is 0 Å². The van der Waals surface area contributed by atoms with E-state index in [-0.39, 0.29) is 5.91 Å². The lowest BCUT2D eigenvalue weighted by Gasteiger charge is -2.27. The van der Waals surface area contributed by atoms with Gasteiger partial charge in [-0.3, -0.25) is 9.69 Å². The van der Waals surface area contributed by atoms with Crippen molar-refractivity contribution < 1.29 is 4.79 Å². The van der Waals surface area contributed by atoms with E-state index in [0.29, 0.717) is 18.5 Å². The van der Waals surface area contributed by atoms with Crippen molar-refractivity contribution in [1.82, 2.24) is 19.6 Å². The van der Waals surface area contributed by atoms with E-state index in [1.54, 1.807) is 0 Å². The predicted molar refractivity (Wildman–Crippen MR) is 101 cm³/mol. The molecule has 2 aromatic heterocycles. The van der Waals surface area contributed by atoms with Gasteiger partial charge in [0.2, 0.25) is 5.91 Å². The van der Waals surface area contributed by atoms with Crippen molar-refractivity contribution in [2.24, 2.45) is 0 Å². The molecule has 3 aromatic rings. The van der Waals surface area contributed by atoms with Gasteiger partial charge in [-0.2, -0.15) is 0 Å². The summed E-state index contributed by atoms with van der Waals surface area (Å²) in [5.74, 6) is 0.184. The van der Waals surface area contributed by atoms with E-state index in [2.05, 4.69) is 57.2 Å². The zero-order valence-electron chi connectivity index (χ0n) is 14.6. The van der Waals surface area contributed by atoms with Crippen LogP contribution in [-0.2, 0) is 11.3 Å². The highest BCUT2D eigenvalue weighted by Crippen LogP contribution is 2.33. The molecule has 0 radical (unpaired) electrons. The second kappa shape index (κ2) is 6.25. The maximum Gasteiger partial charge on any atom is 0.221 e. The molecule has 2 aliphatic rings. The van der Waals surface area contributed by atoms with Gasteiger partial charge in [-0.15, -0.1) is 0 Å². The van der Waals surface area contributed by atoms with Crippen LogP contribution < -0.4 is 5.32 Å². The molecule has 1 N–H and O–H groups in total. The minimum Gasteiger partial charge on any atom is -0.354 e. The van der Waals surface area contributed by atoms with Gasteiger partial charge in [0.05, 0.1) is 11.4 Å². The van der Waals surface area contributed by atoms with Crippen LogP contribution in [0.4, 0.5) is 0 Å². The summed E-state index contributed by atoms with van der Waals surface area (Å²) in [5, 5.41) is 3.07. The molecular weight excluding hydrogens is 324 g/mol. The summed E-state index contributed by atoms with van der Waals surface area (Å²) < 4.78 is 2.20. The van der Waals surface area contributed by atoms with Crippen molar-refractivity contribution in [1.29, 1.82) is 0 Å². The Balaban J connectivity index is 1.59. The van der Waals surface area contributed by atoms with Crippen LogP contribution in [0.3, 0.4) is 0 Å². The Kier molecular flexibility index (Phi) is 3.75. The smallest absolute Gasteiger partial charge is 0.221 e. The highest BCUT2D eigenvalue weighted by Gasteiger charge is 2.38. The molecule has 5 nitrogen and oxygen atoms in total. The topological polar surface area (TPSA) is 49.6 Å². The van der Waals surface area contributed by atoms with Crippen molar-refractivity contribution >= 4 is 11.6 Å². The maximum absolute atomic E-state index is 12.0. The molecule has 132 valence electrons. The molecule has 5 heteroatoms. The second-order valence-electron chi connectivity index (χ2n) is 7.27. The Bertz CT molecular complexity index is 949. The third-order valence-electron chi connectivity index (χ3n) is 5.74. The van der Waals surface area contributed by atoms with Crippen LogP contribution in [0.1, 0.15) is 25.0 Å². The summed E-state index contributed by atoms with van der Waals surface area (Å²) in [5.41, 5.74) is 4.36. The molecule has 0 saturated carbocycles. The normalized spacial score (nSPS) is 23.2. The number of rotatable bonds is 3. The fourth-order valence-electron chi connectivity index (χ4n) is 4.43. The number of aromatic nitrogens is 2. The van der Waals surface area contributed by atoms with Gasteiger partial charge in [-0.05, 0) is 25.0 Å². The Labute approximate surface area is 152 Å². The van der Waals surface area contributed by atoms with Crippen LogP contribution in [-0.4, -0.2) is 38.8 Å². The number of amides is 1. The van der Waals surface area contributed by atoms with Crippen molar-refractivity contribution in [2.75, 3.05) is 6.54 Å². The molecular formula is C21H22N4O. The average Bonchev–Trinajstić information content (AvgIpc) is 3.17. The van der Waals surface area contributed by atoms with Gasteiger partial charge in [0.1, 0.15) is 5.65 Å². The number of pyridine rings is 1. The van der Waals surface area contributed by atoms with E-state index in [0.717, 1.165) is 42.8 Å². The molecule has 1 amide bonds. The van der Waals surface area contributed by atoms with E-state index < -0.39 is 0 Å². The largest absolute Gasteiger partial charge is 0.354 e. The summed E-state index contributed by atoms with van der Waals surface area (Å²) >= 11 is 0. The zero-order chi connectivity index (χ0) is 17.5. The highest BCUT2D eigenvalue weighted by atomic mass is 16.1. The van der Waals surface area contributed by atoms with E-state index in [1.807, 2.05) is 12.1 Å². The van der Waals surface area contributed by atoms with Crippen molar-refractivity contribution in [3.63, 3.8) is 0 Å².